The molecule has 32 heavy (non-hydrogen) atoms. The van der Waals surface area contributed by atoms with Crippen LogP contribution in [0.3, 0.4) is 0 Å². The van der Waals surface area contributed by atoms with E-state index in [-0.39, 0.29) is 30.9 Å². The third kappa shape index (κ3) is 5.23. The molecule has 3 rings (SSSR count). The second kappa shape index (κ2) is 9.95. The summed E-state index contributed by atoms with van der Waals surface area (Å²) >= 11 is 0. The van der Waals surface area contributed by atoms with E-state index >= 15 is 0 Å². The molecular weight excluding hydrogens is 412 g/mol. The highest BCUT2D eigenvalue weighted by molar-refractivity contribution is 6.06. The summed E-state index contributed by atoms with van der Waals surface area (Å²) in [4.78, 5) is 52.0. The second-order valence-corrected chi connectivity index (χ2v) is 7.24. The van der Waals surface area contributed by atoms with E-state index in [1.807, 2.05) is 13.8 Å². The smallest absolute Gasteiger partial charge is 0.265 e. The molecule has 0 spiro atoms. The highest BCUT2D eigenvalue weighted by Gasteiger charge is 2.29. The van der Waals surface area contributed by atoms with E-state index in [0.29, 0.717) is 41.5 Å². The minimum Gasteiger partial charge on any atom is -0.482 e. The molecule has 0 radical (unpaired) electrons. The lowest BCUT2D eigenvalue weighted by molar-refractivity contribution is -0.123. The van der Waals surface area contributed by atoms with Crippen LogP contribution in [0.5, 0.6) is 5.75 Å². The third-order valence-electron chi connectivity index (χ3n) is 4.99. The Kier molecular flexibility index (Phi) is 7.09. The molecule has 0 aliphatic carbocycles. The van der Waals surface area contributed by atoms with Crippen molar-refractivity contribution in [3.63, 3.8) is 0 Å². The summed E-state index contributed by atoms with van der Waals surface area (Å²) in [6, 6.07) is 11.5. The van der Waals surface area contributed by atoms with Gasteiger partial charge in [0.1, 0.15) is 12.3 Å². The van der Waals surface area contributed by atoms with Gasteiger partial charge in [0.15, 0.2) is 6.61 Å². The molecule has 0 aromatic heterocycles. The molecule has 0 atom stereocenters. The number of carbonyl (C=O) groups excluding carboxylic acids is 4. The van der Waals surface area contributed by atoms with Crippen LogP contribution in [0.2, 0.25) is 0 Å². The van der Waals surface area contributed by atoms with Crippen LogP contribution in [0.4, 0.5) is 17.1 Å². The van der Waals surface area contributed by atoms with Crippen molar-refractivity contribution in [2.75, 3.05) is 41.8 Å². The Morgan fingerprint density at radius 1 is 1.00 bits per heavy atom. The molecule has 0 fully saturated rings. The third-order valence-corrected chi connectivity index (χ3v) is 4.99. The molecule has 168 valence electrons. The number of anilines is 3. The van der Waals surface area contributed by atoms with E-state index in [1.54, 1.807) is 47.4 Å². The summed E-state index contributed by atoms with van der Waals surface area (Å²) in [7, 11) is 0. The maximum absolute atomic E-state index is 12.7. The SMILES string of the molecule is CCN(CC)C(=O)c1ccc2c(c1)N(CC(=O)Nc1ccc(NC(C)=O)cc1)C(=O)CO2. The molecule has 4 amide bonds. The number of rotatable bonds is 7. The van der Waals surface area contributed by atoms with Gasteiger partial charge in [-0.3, -0.25) is 24.1 Å². The molecule has 0 saturated heterocycles. The van der Waals surface area contributed by atoms with Gasteiger partial charge in [-0.1, -0.05) is 0 Å². The minimum atomic E-state index is -0.404. The highest BCUT2D eigenvalue weighted by atomic mass is 16.5. The first-order chi connectivity index (χ1) is 15.3. The number of fused-ring (bicyclic) bond motifs is 1. The number of benzene rings is 2. The predicted octanol–water partition coefficient (Wildman–Crippen LogP) is 2.49. The van der Waals surface area contributed by atoms with Gasteiger partial charge in [-0.15, -0.1) is 0 Å². The van der Waals surface area contributed by atoms with Gasteiger partial charge in [-0.25, -0.2) is 0 Å². The van der Waals surface area contributed by atoms with Crippen molar-refractivity contribution < 1.29 is 23.9 Å². The molecule has 0 bridgehead atoms. The average Bonchev–Trinajstić information content (AvgIpc) is 2.77. The Morgan fingerprint density at radius 3 is 2.22 bits per heavy atom. The fourth-order valence-electron chi connectivity index (χ4n) is 3.39. The molecule has 0 unspecified atom stereocenters. The molecule has 1 aliphatic rings. The van der Waals surface area contributed by atoms with Crippen molar-refractivity contribution in [2.45, 2.75) is 20.8 Å². The topological polar surface area (TPSA) is 108 Å². The number of hydrogen-bond donors (Lipinski definition) is 2. The van der Waals surface area contributed by atoms with Crippen LogP contribution in [-0.2, 0) is 14.4 Å². The largest absolute Gasteiger partial charge is 0.482 e. The number of hydrogen-bond acceptors (Lipinski definition) is 5. The molecular formula is C23H26N4O5. The van der Waals surface area contributed by atoms with Crippen LogP contribution in [0.15, 0.2) is 42.5 Å². The minimum absolute atomic E-state index is 0.153. The summed E-state index contributed by atoms with van der Waals surface area (Å²) < 4.78 is 5.48. The van der Waals surface area contributed by atoms with Crippen molar-refractivity contribution >= 4 is 40.7 Å². The number of amides is 4. The van der Waals surface area contributed by atoms with Crippen molar-refractivity contribution in [1.82, 2.24) is 4.90 Å². The van der Waals surface area contributed by atoms with E-state index in [4.69, 9.17) is 4.74 Å². The molecule has 9 heteroatoms. The first-order valence-electron chi connectivity index (χ1n) is 10.4. The summed E-state index contributed by atoms with van der Waals surface area (Å²) in [5, 5.41) is 5.38. The van der Waals surface area contributed by atoms with Crippen LogP contribution < -0.4 is 20.3 Å². The van der Waals surface area contributed by atoms with Crippen molar-refractivity contribution in [3.05, 3.63) is 48.0 Å². The summed E-state index contributed by atoms with van der Waals surface area (Å²) in [5.41, 5.74) is 1.94. The zero-order valence-corrected chi connectivity index (χ0v) is 18.3. The van der Waals surface area contributed by atoms with Crippen molar-refractivity contribution in [3.8, 4) is 5.75 Å². The van der Waals surface area contributed by atoms with E-state index in [9.17, 15) is 19.2 Å². The van der Waals surface area contributed by atoms with E-state index in [1.165, 1.54) is 11.8 Å². The number of nitrogens with one attached hydrogen (secondary N) is 2. The van der Waals surface area contributed by atoms with Crippen LogP contribution >= 0.6 is 0 Å². The molecule has 2 N–H and O–H groups in total. The monoisotopic (exact) mass is 438 g/mol. The number of ether oxygens (including phenoxy) is 1. The predicted molar refractivity (Wildman–Crippen MR) is 121 cm³/mol. The average molecular weight is 438 g/mol. The Labute approximate surface area is 186 Å². The van der Waals surface area contributed by atoms with Gasteiger partial charge in [0.05, 0.1) is 5.69 Å². The van der Waals surface area contributed by atoms with Crippen molar-refractivity contribution in [1.29, 1.82) is 0 Å². The molecule has 2 aromatic rings. The quantitative estimate of drug-likeness (QED) is 0.691. The van der Waals surface area contributed by atoms with E-state index in [0.717, 1.165) is 0 Å². The zero-order valence-electron chi connectivity index (χ0n) is 18.3. The van der Waals surface area contributed by atoms with Crippen LogP contribution in [0.25, 0.3) is 0 Å². The fraction of sp³-hybridized carbons (Fsp3) is 0.304. The molecule has 9 nitrogen and oxygen atoms in total. The van der Waals surface area contributed by atoms with E-state index in [2.05, 4.69) is 10.6 Å². The lowest BCUT2D eigenvalue weighted by Gasteiger charge is -2.29. The van der Waals surface area contributed by atoms with Gasteiger partial charge < -0.3 is 20.3 Å². The second-order valence-electron chi connectivity index (χ2n) is 7.24. The molecule has 0 saturated carbocycles. The first kappa shape index (κ1) is 22.8. The van der Waals surface area contributed by atoms with Crippen LogP contribution in [0, 0.1) is 0 Å². The maximum Gasteiger partial charge on any atom is 0.265 e. The van der Waals surface area contributed by atoms with Gasteiger partial charge >= 0.3 is 0 Å². The van der Waals surface area contributed by atoms with Crippen LogP contribution in [-0.4, -0.2) is 54.8 Å². The van der Waals surface area contributed by atoms with E-state index < -0.39 is 5.91 Å². The molecule has 1 heterocycles. The Hall–Kier alpha value is -3.88. The standard InChI is InChI=1S/C23H26N4O5/c1-4-26(5-2)23(31)16-6-11-20-19(12-16)27(22(30)14-32-20)13-21(29)25-18-9-7-17(8-10-18)24-15(3)28/h6-12H,4-5,13-14H2,1-3H3,(H,24,28)(H,25,29). The number of nitrogens with zero attached hydrogens (tertiary/aromatic N) is 2. The lowest BCUT2D eigenvalue weighted by Crippen LogP contribution is -2.43. The zero-order chi connectivity index (χ0) is 23.3. The summed E-state index contributed by atoms with van der Waals surface area (Å²) in [5.74, 6) is -0.683. The Balaban J connectivity index is 1.76. The highest BCUT2D eigenvalue weighted by Crippen LogP contribution is 2.33. The lowest BCUT2D eigenvalue weighted by atomic mass is 10.1. The van der Waals surface area contributed by atoms with Gasteiger partial charge in [-0.05, 0) is 56.3 Å². The van der Waals surface area contributed by atoms with Crippen molar-refractivity contribution in [2.24, 2.45) is 0 Å². The van der Waals surface area contributed by atoms with Gasteiger partial charge in [0.2, 0.25) is 11.8 Å². The van der Waals surface area contributed by atoms with Gasteiger partial charge in [0.25, 0.3) is 11.8 Å². The summed E-state index contributed by atoms with van der Waals surface area (Å²) in [6.45, 7) is 5.91. The van der Waals surface area contributed by atoms with Gasteiger partial charge in [0, 0.05) is 37.0 Å². The van der Waals surface area contributed by atoms with Crippen LogP contribution in [0.1, 0.15) is 31.1 Å². The first-order valence-corrected chi connectivity index (χ1v) is 10.4. The Bertz CT molecular complexity index is 1030. The normalized spacial score (nSPS) is 12.5. The number of carbonyl (C=O) groups is 4. The maximum atomic E-state index is 12.7. The molecule has 1 aliphatic heterocycles. The van der Waals surface area contributed by atoms with Gasteiger partial charge in [-0.2, -0.15) is 0 Å². The fourth-order valence-corrected chi connectivity index (χ4v) is 3.39. The summed E-state index contributed by atoms with van der Waals surface area (Å²) in [6.07, 6.45) is 0. The molecule has 2 aromatic carbocycles. The Morgan fingerprint density at radius 2 is 1.62 bits per heavy atom.